The maximum Gasteiger partial charge on any atom is 0.252 e. The summed E-state index contributed by atoms with van der Waals surface area (Å²) in [7, 11) is 0. The molecule has 0 aliphatic carbocycles. The Bertz CT molecular complexity index is 838. The van der Waals surface area contributed by atoms with Crippen molar-refractivity contribution >= 4 is 23.4 Å². The van der Waals surface area contributed by atoms with Crippen LogP contribution in [0.2, 0.25) is 0 Å². The van der Waals surface area contributed by atoms with Crippen molar-refractivity contribution in [3.05, 3.63) is 27.8 Å². The molecule has 0 aliphatic heterocycles. The molecule has 0 aromatic heterocycles. The zero-order valence-corrected chi connectivity index (χ0v) is 19.8. The third-order valence-corrected chi connectivity index (χ3v) is 5.34. The highest BCUT2D eigenvalue weighted by Gasteiger charge is 2.29. The van der Waals surface area contributed by atoms with E-state index in [0.717, 1.165) is 4.90 Å². The van der Waals surface area contributed by atoms with E-state index in [1.165, 1.54) is 13.8 Å². The summed E-state index contributed by atoms with van der Waals surface area (Å²) in [6, 6.07) is 0. The molecule has 0 saturated carbocycles. The Balaban J connectivity index is 3.73. The van der Waals surface area contributed by atoms with Gasteiger partial charge in [-0.05, 0) is 37.5 Å². The molecule has 192 valence electrons. The first kappa shape index (κ1) is 29.4. The van der Waals surface area contributed by atoms with Gasteiger partial charge in [0.25, 0.3) is 11.8 Å². The Hall–Kier alpha value is -2.61. The Morgan fingerprint density at radius 1 is 0.735 bits per heavy atom. The Morgan fingerprint density at radius 2 is 1.12 bits per heavy atom. The Labute approximate surface area is 197 Å². The van der Waals surface area contributed by atoms with E-state index in [2.05, 4.69) is 10.6 Å². The van der Waals surface area contributed by atoms with Crippen LogP contribution in [0, 0.1) is 20.8 Å². The van der Waals surface area contributed by atoms with E-state index in [4.69, 9.17) is 10.2 Å². The number of hydrogen-bond acceptors (Lipinski definition) is 9. The summed E-state index contributed by atoms with van der Waals surface area (Å²) < 4.78 is 0. The number of amides is 3. The summed E-state index contributed by atoms with van der Waals surface area (Å²) in [5, 5.41) is 61.4. The van der Waals surface area contributed by atoms with Gasteiger partial charge in [0.05, 0.1) is 50.4 Å². The molecule has 0 bridgehead atoms. The number of nitrogens with zero attached hydrogens (tertiary/aromatic N) is 1. The molecular weight excluding hydrogens is 450 g/mol. The lowest BCUT2D eigenvalue weighted by molar-refractivity contribution is -0.117. The number of aliphatic hydroxyl groups excluding tert-OH is 6. The monoisotopic (exact) mass is 485 g/mol. The standard InChI is InChI=1S/C22H35N3O9/c1-11-18(21(33)23-5-15(30)8-26)12(2)20(25(14(4)29)7-17(32)10-28)13(3)19(11)22(34)24-6-16(31)9-27/h15-17,26-28,30-32H,5-10H2,1-4H3,(H,23,33)(H,24,34). The number of rotatable bonds is 12. The maximum absolute atomic E-state index is 13.0. The predicted octanol–water partition coefficient (Wildman–Crippen LogP) is -2.52. The van der Waals surface area contributed by atoms with Gasteiger partial charge in [-0.2, -0.15) is 0 Å². The van der Waals surface area contributed by atoms with Crippen LogP contribution in [0.25, 0.3) is 0 Å². The molecule has 3 amide bonds. The minimum absolute atomic E-state index is 0.0448. The second kappa shape index (κ2) is 13.3. The number of carbonyl (C=O) groups excluding carboxylic acids is 3. The SMILES string of the molecule is CC(=O)N(CC(O)CO)c1c(C)c(C(=O)NCC(O)CO)c(C)c(C(=O)NCC(O)CO)c1C. The second-order valence-electron chi connectivity index (χ2n) is 8.03. The highest BCUT2D eigenvalue weighted by Crippen LogP contribution is 2.34. The van der Waals surface area contributed by atoms with E-state index in [-0.39, 0.29) is 42.0 Å². The number of carbonyl (C=O) groups is 3. The average molecular weight is 486 g/mol. The fraction of sp³-hybridized carbons (Fsp3) is 0.591. The van der Waals surface area contributed by atoms with Crippen LogP contribution in [0.4, 0.5) is 5.69 Å². The van der Waals surface area contributed by atoms with Gasteiger partial charge in [0, 0.05) is 31.1 Å². The molecule has 8 N–H and O–H groups in total. The third kappa shape index (κ3) is 7.19. The molecule has 34 heavy (non-hydrogen) atoms. The molecule has 12 nitrogen and oxygen atoms in total. The van der Waals surface area contributed by atoms with Crippen LogP contribution in [-0.4, -0.2) is 106 Å². The summed E-state index contributed by atoms with van der Waals surface area (Å²) in [6.45, 7) is 3.29. The molecule has 1 aromatic rings. The lowest BCUT2D eigenvalue weighted by atomic mass is 9.89. The largest absolute Gasteiger partial charge is 0.394 e. The molecule has 3 unspecified atom stereocenters. The Kier molecular flexibility index (Phi) is 11.5. The Morgan fingerprint density at radius 3 is 1.44 bits per heavy atom. The van der Waals surface area contributed by atoms with Crippen LogP contribution in [-0.2, 0) is 4.79 Å². The van der Waals surface area contributed by atoms with E-state index in [9.17, 15) is 34.8 Å². The van der Waals surface area contributed by atoms with Crippen LogP contribution in [0.3, 0.4) is 0 Å². The first-order valence-corrected chi connectivity index (χ1v) is 10.8. The minimum Gasteiger partial charge on any atom is -0.394 e. The molecule has 12 heteroatoms. The van der Waals surface area contributed by atoms with Crippen LogP contribution >= 0.6 is 0 Å². The summed E-state index contributed by atoms with van der Waals surface area (Å²) in [6.07, 6.45) is -3.69. The first-order valence-electron chi connectivity index (χ1n) is 10.8. The van der Waals surface area contributed by atoms with Gasteiger partial charge in [0.2, 0.25) is 5.91 Å². The minimum atomic E-state index is -1.28. The number of nitrogens with one attached hydrogen (secondary N) is 2. The lowest BCUT2D eigenvalue weighted by Gasteiger charge is -2.30. The van der Waals surface area contributed by atoms with E-state index in [1.54, 1.807) is 13.8 Å². The average Bonchev–Trinajstić information content (AvgIpc) is 2.79. The van der Waals surface area contributed by atoms with Gasteiger partial charge in [-0.1, -0.05) is 0 Å². The van der Waals surface area contributed by atoms with Crippen LogP contribution in [0.15, 0.2) is 0 Å². The van der Waals surface area contributed by atoms with Crippen molar-refractivity contribution in [1.29, 1.82) is 0 Å². The zero-order chi connectivity index (χ0) is 26.2. The highest BCUT2D eigenvalue weighted by molar-refractivity contribution is 6.08. The van der Waals surface area contributed by atoms with Gasteiger partial charge in [-0.15, -0.1) is 0 Å². The molecule has 1 rings (SSSR count). The normalized spacial score (nSPS) is 13.7. The van der Waals surface area contributed by atoms with Gasteiger partial charge in [-0.3, -0.25) is 14.4 Å². The van der Waals surface area contributed by atoms with E-state index in [0.29, 0.717) is 11.1 Å². The number of benzene rings is 1. The van der Waals surface area contributed by atoms with Crippen molar-refractivity contribution in [2.24, 2.45) is 0 Å². The smallest absolute Gasteiger partial charge is 0.252 e. The van der Waals surface area contributed by atoms with Gasteiger partial charge in [-0.25, -0.2) is 0 Å². The molecule has 0 spiro atoms. The van der Waals surface area contributed by atoms with Gasteiger partial charge in [0.1, 0.15) is 0 Å². The van der Waals surface area contributed by atoms with Crippen LogP contribution < -0.4 is 15.5 Å². The molecule has 0 aliphatic rings. The first-order chi connectivity index (χ1) is 15.9. The highest BCUT2D eigenvalue weighted by atomic mass is 16.3. The fourth-order valence-corrected chi connectivity index (χ4v) is 3.66. The quantitative estimate of drug-likeness (QED) is 0.157. The number of anilines is 1. The molecule has 0 saturated heterocycles. The second-order valence-corrected chi connectivity index (χ2v) is 8.03. The van der Waals surface area contributed by atoms with Gasteiger partial charge < -0.3 is 46.2 Å². The summed E-state index contributed by atoms with van der Waals surface area (Å²) >= 11 is 0. The molecule has 0 radical (unpaired) electrons. The maximum atomic E-state index is 13.0. The molecule has 1 aromatic carbocycles. The van der Waals surface area contributed by atoms with Crippen molar-refractivity contribution in [3.8, 4) is 0 Å². The number of aliphatic hydroxyl groups is 6. The van der Waals surface area contributed by atoms with Crippen molar-refractivity contribution < 1.29 is 45.0 Å². The predicted molar refractivity (Wildman–Crippen MR) is 123 cm³/mol. The fourth-order valence-electron chi connectivity index (χ4n) is 3.66. The zero-order valence-electron chi connectivity index (χ0n) is 19.8. The molecule has 3 atom stereocenters. The van der Waals surface area contributed by atoms with Crippen molar-refractivity contribution in [2.45, 2.75) is 46.0 Å². The van der Waals surface area contributed by atoms with Crippen molar-refractivity contribution in [3.63, 3.8) is 0 Å². The summed E-state index contributed by atoms with van der Waals surface area (Å²) in [5.74, 6) is -1.84. The summed E-state index contributed by atoms with van der Waals surface area (Å²) in [5.41, 5.74) is 1.17. The van der Waals surface area contributed by atoms with E-state index < -0.39 is 55.9 Å². The van der Waals surface area contributed by atoms with Crippen molar-refractivity contribution in [1.82, 2.24) is 10.6 Å². The number of hydrogen-bond donors (Lipinski definition) is 8. The van der Waals surface area contributed by atoms with Crippen molar-refractivity contribution in [2.75, 3.05) is 44.4 Å². The lowest BCUT2D eigenvalue weighted by Crippen LogP contribution is -2.40. The summed E-state index contributed by atoms with van der Waals surface area (Å²) in [4.78, 5) is 39.7. The third-order valence-electron chi connectivity index (χ3n) is 5.34. The van der Waals surface area contributed by atoms with E-state index in [1.807, 2.05) is 0 Å². The van der Waals surface area contributed by atoms with Crippen LogP contribution in [0.1, 0.15) is 44.3 Å². The van der Waals surface area contributed by atoms with E-state index >= 15 is 0 Å². The molecule has 0 heterocycles. The molecular formula is C22H35N3O9. The van der Waals surface area contributed by atoms with Crippen LogP contribution in [0.5, 0.6) is 0 Å². The topological polar surface area (TPSA) is 200 Å². The van der Waals surface area contributed by atoms with Gasteiger partial charge >= 0.3 is 0 Å². The molecule has 0 fully saturated rings. The van der Waals surface area contributed by atoms with Gasteiger partial charge in [0.15, 0.2) is 0 Å².